The lowest BCUT2D eigenvalue weighted by Crippen LogP contribution is -2.13. The van der Waals surface area contributed by atoms with E-state index in [-0.39, 0.29) is 5.69 Å². The molecule has 0 aromatic carbocycles. The molecule has 2 N–H and O–H groups in total. The molecular formula is C11H11N3OS. The van der Waals surface area contributed by atoms with Gasteiger partial charge in [0.2, 0.25) is 0 Å². The highest BCUT2D eigenvalue weighted by molar-refractivity contribution is 7.13. The van der Waals surface area contributed by atoms with Crippen molar-refractivity contribution < 1.29 is 0 Å². The molecule has 0 atom stereocenters. The number of aromatic nitrogens is 2. The third kappa shape index (κ3) is 1.44. The second kappa shape index (κ2) is 3.45. The second-order valence-electron chi connectivity index (χ2n) is 3.91. The summed E-state index contributed by atoms with van der Waals surface area (Å²) < 4.78 is 0. The van der Waals surface area contributed by atoms with Crippen molar-refractivity contribution in [3.05, 3.63) is 33.1 Å². The van der Waals surface area contributed by atoms with Crippen LogP contribution >= 0.6 is 11.3 Å². The Morgan fingerprint density at radius 2 is 2.38 bits per heavy atom. The number of anilines is 1. The zero-order valence-corrected chi connectivity index (χ0v) is 9.65. The topological polar surface area (TPSA) is 57.8 Å². The molecule has 1 aliphatic heterocycles. The van der Waals surface area contributed by atoms with Crippen LogP contribution in [0.1, 0.15) is 11.1 Å². The van der Waals surface area contributed by atoms with Gasteiger partial charge in [-0.2, -0.15) is 4.98 Å². The van der Waals surface area contributed by atoms with E-state index in [1.54, 1.807) is 11.3 Å². The molecule has 0 saturated carbocycles. The molecule has 3 rings (SSSR count). The Morgan fingerprint density at radius 1 is 1.50 bits per heavy atom. The number of hydrogen-bond donors (Lipinski definition) is 2. The summed E-state index contributed by atoms with van der Waals surface area (Å²) in [6.45, 7) is 2.91. The highest BCUT2D eigenvalue weighted by Crippen LogP contribution is 2.32. The van der Waals surface area contributed by atoms with Crippen LogP contribution in [0, 0.1) is 6.92 Å². The highest BCUT2D eigenvalue weighted by Gasteiger charge is 2.18. The highest BCUT2D eigenvalue weighted by atomic mass is 32.1. The number of hydrogen-bond acceptors (Lipinski definition) is 4. The monoisotopic (exact) mass is 233 g/mol. The normalized spacial score (nSPS) is 13.6. The molecule has 4 nitrogen and oxygen atoms in total. The molecule has 0 unspecified atom stereocenters. The lowest BCUT2D eigenvalue weighted by Gasteiger charge is -2.03. The Balaban J connectivity index is 2.24. The van der Waals surface area contributed by atoms with Gasteiger partial charge in [0, 0.05) is 12.1 Å². The molecule has 1 aliphatic rings. The number of nitrogens with one attached hydrogen (secondary N) is 2. The fourth-order valence-electron chi connectivity index (χ4n) is 1.97. The molecule has 0 amide bonds. The van der Waals surface area contributed by atoms with Crippen LogP contribution < -0.4 is 11.0 Å². The summed E-state index contributed by atoms with van der Waals surface area (Å²) in [5.74, 6) is 0.741. The first-order valence-electron chi connectivity index (χ1n) is 5.16. The summed E-state index contributed by atoms with van der Waals surface area (Å²) >= 11 is 1.65. The lowest BCUT2D eigenvalue weighted by atomic mass is 10.1. The van der Waals surface area contributed by atoms with Crippen LogP contribution in [0.5, 0.6) is 0 Å². The van der Waals surface area contributed by atoms with E-state index in [1.807, 2.05) is 0 Å². The maximum absolute atomic E-state index is 11.4. The average Bonchev–Trinajstić information content (AvgIpc) is 2.84. The fraction of sp³-hybridized carbons (Fsp3) is 0.273. The van der Waals surface area contributed by atoms with Gasteiger partial charge in [-0.15, -0.1) is 11.3 Å². The van der Waals surface area contributed by atoms with Crippen molar-refractivity contribution in [1.82, 2.24) is 9.97 Å². The number of rotatable bonds is 1. The van der Waals surface area contributed by atoms with Gasteiger partial charge in [0.1, 0.15) is 5.82 Å². The maximum atomic E-state index is 11.4. The average molecular weight is 233 g/mol. The molecule has 16 heavy (non-hydrogen) atoms. The zero-order valence-electron chi connectivity index (χ0n) is 8.83. The largest absolute Gasteiger partial charge is 0.369 e. The number of aryl methyl sites for hydroxylation is 1. The summed E-state index contributed by atoms with van der Waals surface area (Å²) in [4.78, 5) is 19.3. The smallest absolute Gasteiger partial charge is 0.347 e. The minimum absolute atomic E-state index is 0.283. The quantitative estimate of drug-likeness (QED) is 0.789. The first kappa shape index (κ1) is 9.59. The minimum Gasteiger partial charge on any atom is -0.369 e. The molecule has 0 bridgehead atoms. The predicted octanol–water partition coefficient (Wildman–Crippen LogP) is 1.77. The van der Waals surface area contributed by atoms with E-state index in [9.17, 15) is 4.79 Å². The van der Waals surface area contributed by atoms with Crippen molar-refractivity contribution >= 4 is 17.2 Å². The number of aromatic amines is 1. The van der Waals surface area contributed by atoms with Crippen molar-refractivity contribution in [2.45, 2.75) is 13.3 Å². The number of H-pyrrole nitrogens is 1. The van der Waals surface area contributed by atoms with E-state index >= 15 is 0 Å². The summed E-state index contributed by atoms with van der Waals surface area (Å²) in [7, 11) is 0. The first-order chi connectivity index (χ1) is 7.74. The number of thiophene rings is 1. The molecule has 0 spiro atoms. The Kier molecular flexibility index (Phi) is 2.07. The van der Waals surface area contributed by atoms with Gasteiger partial charge < -0.3 is 10.3 Å². The first-order valence-corrected chi connectivity index (χ1v) is 6.04. The summed E-state index contributed by atoms with van der Waals surface area (Å²) in [6, 6.07) is 2.09. The summed E-state index contributed by atoms with van der Waals surface area (Å²) in [5, 5.41) is 5.22. The molecule has 0 radical (unpaired) electrons. The Morgan fingerprint density at radius 3 is 3.12 bits per heavy atom. The van der Waals surface area contributed by atoms with Crippen molar-refractivity contribution in [3.63, 3.8) is 0 Å². The van der Waals surface area contributed by atoms with Gasteiger partial charge in [-0.1, -0.05) is 0 Å². The van der Waals surface area contributed by atoms with Gasteiger partial charge in [0.05, 0.1) is 10.6 Å². The molecule has 0 saturated heterocycles. The lowest BCUT2D eigenvalue weighted by molar-refractivity contribution is 1.06. The molecule has 82 valence electrons. The minimum atomic E-state index is -0.283. The molecule has 5 heteroatoms. The van der Waals surface area contributed by atoms with Crippen LogP contribution in [-0.4, -0.2) is 16.5 Å². The van der Waals surface area contributed by atoms with Crippen LogP contribution in [0.4, 0.5) is 5.82 Å². The van der Waals surface area contributed by atoms with Crippen LogP contribution in [0.2, 0.25) is 0 Å². The van der Waals surface area contributed by atoms with Gasteiger partial charge in [0.25, 0.3) is 0 Å². The Labute approximate surface area is 96.4 Å². The molecule has 0 fully saturated rings. The third-order valence-corrected chi connectivity index (χ3v) is 3.74. The van der Waals surface area contributed by atoms with Gasteiger partial charge in [-0.3, -0.25) is 0 Å². The van der Waals surface area contributed by atoms with Gasteiger partial charge in [-0.25, -0.2) is 4.79 Å². The predicted molar refractivity (Wildman–Crippen MR) is 65.1 cm³/mol. The van der Waals surface area contributed by atoms with E-state index in [0.29, 0.717) is 0 Å². The maximum Gasteiger partial charge on any atom is 0.347 e. The van der Waals surface area contributed by atoms with Gasteiger partial charge in [0.15, 0.2) is 0 Å². The Bertz CT molecular complexity index is 600. The van der Waals surface area contributed by atoms with E-state index < -0.39 is 0 Å². The van der Waals surface area contributed by atoms with Crippen LogP contribution in [0.25, 0.3) is 10.6 Å². The molecule has 0 aliphatic carbocycles. The van der Waals surface area contributed by atoms with Crippen LogP contribution in [0.3, 0.4) is 0 Å². The number of fused-ring (bicyclic) bond motifs is 1. The SMILES string of the molecule is Cc1csc(-c2[nH]c(=O)nc3c2CCN3)c1. The Hall–Kier alpha value is -1.62. The van der Waals surface area contributed by atoms with Crippen LogP contribution in [0.15, 0.2) is 16.2 Å². The van der Waals surface area contributed by atoms with Crippen molar-refractivity contribution in [1.29, 1.82) is 0 Å². The van der Waals surface area contributed by atoms with Crippen molar-refractivity contribution in [2.75, 3.05) is 11.9 Å². The fourth-order valence-corrected chi connectivity index (χ4v) is 2.89. The molecule has 2 aromatic heterocycles. The zero-order chi connectivity index (χ0) is 11.1. The molecule has 2 aromatic rings. The second-order valence-corrected chi connectivity index (χ2v) is 4.82. The summed E-state index contributed by atoms with van der Waals surface area (Å²) in [5.41, 5.74) is 2.99. The van der Waals surface area contributed by atoms with Gasteiger partial charge >= 0.3 is 5.69 Å². The standard InChI is InChI=1S/C11H11N3OS/c1-6-4-8(16-5-6)9-7-2-3-12-10(7)14-11(15)13-9/h4-5H,2-3H2,1H3,(H2,12,13,14,15). The van der Waals surface area contributed by atoms with E-state index in [0.717, 1.165) is 34.9 Å². The molecular weight excluding hydrogens is 222 g/mol. The van der Waals surface area contributed by atoms with Crippen molar-refractivity contribution in [3.8, 4) is 10.6 Å². The van der Waals surface area contributed by atoms with E-state index in [1.165, 1.54) is 5.56 Å². The van der Waals surface area contributed by atoms with Gasteiger partial charge in [-0.05, 0) is 30.4 Å². The van der Waals surface area contributed by atoms with Crippen LogP contribution in [-0.2, 0) is 6.42 Å². The molecule has 3 heterocycles. The van der Waals surface area contributed by atoms with E-state index in [4.69, 9.17) is 0 Å². The van der Waals surface area contributed by atoms with E-state index in [2.05, 4.69) is 33.7 Å². The third-order valence-electron chi connectivity index (χ3n) is 2.68. The number of nitrogens with zero attached hydrogens (tertiary/aromatic N) is 1. The summed E-state index contributed by atoms with van der Waals surface area (Å²) in [6.07, 6.45) is 0.922. The van der Waals surface area contributed by atoms with Crippen molar-refractivity contribution in [2.24, 2.45) is 0 Å².